The van der Waals surface area contributed by atoms with Crippen LogP contribution in [0.3, 0.4) is 0 Å². The van der Waals surface area contributed by atoms with Crippen LogP contribution < -0.4 is 5.32 Å². The Bertz CT molecular complexity index is 290. The summed E-state index contributed by atoms with van der Waals surface area (Å²) in [6, 6.07) is -1.12. The monoisotopic (exact) mass is 258 g/mol. The lowest BCUT2D eigenvalue weighted by Gasteiger charge is -2.29. The van der Waals surface area contributed by atoms with E-state index in [1.54, 1.807) is 11.8 Å². The first-order valence-electron chi connectivity index (χ1n) is 6.51. The molecule has 0 aliphatic heterocycles. The number of carboxylic acids is 1. The Morgan fingerprint density at radius 2 is 2.00 bits per heavy atom. The second-order valence-corrected chi connectivity index (χ2v) is 4.60. The molecule has 3 N–H and O–H groups in total. The number of carboxylic acid groups (broad SMARTS) is 1. The van der Waals surface area contributed by atoms with Crippen molar-refractivity contribution in [3.05, 3.63) is 0 Å². The Labute approximate surface area is 107 Å². The van der Waals surface area contributed by atoms with Crippen LogP contribution in [0.2, 0.25) is 0 Å². The highest BCUT2D eigenvalue weighted by molar-refractivity contribution is 5.82. The van der Waals surface area contributed by atoms with Crippen LogP contribution >= 0.6 is 0 Å². The standard InChI is InChI=1S/C12H22N2O4/c1-2-10(11(16)17)13-12(18)14(7-8-15)9-5-3-4-6-9/h9-10,15H,2-8H2,1H3,(H,13,18)(H,16,17)/t10-/m1/s1. The molecule has 1 aliphatic rings. The minimum absolute atomic E-state index is 0.103. The molecule has 0 unspecified atom stereocenters. The van der Waals surface area contributed by atoms with Gasteiger partial charge in [-0.15, -0.1) is 0 Å². The van der Waals surface area contributed by atoms with Gasteiger partial charge < -0.3 is 20.4 Å². The van der Waals surface area contributed by atoms with Crippen molar-refractivity contribution in [2.45, 2.75) is 51.1 Å². The predicted molar refractivity (Wildman–Crippen MR) is 66.3 cm³/mol. The molecule has 1 fully saturated rings. The summed E-state index contributed by atoms with van der Waals surface area (Å²) < 4.78 is 0. The van der Waals surface area contributed by atoms with Crippen LogP contribution in [-0.2, 0) is 4.79 Å². The third-order valence-corrected chi connectivity index (χ3v) is 3.37. The van der Waals surface area contributed by atoms with Crippen LogP contribution in [0.1, 0.15) is 39.0 Å². The highest BCUT2D eigenvalue weighted by Gasteiger charge is 2.28. The topological polar surface area (TPSA) is 89.9 Å². The summed E-state index contributed by atoms with van der Waals surface area (Å²) in [5.41, 5.74) is 0. The lowest BCUT2D eigenvalue weighted by atomic mass is 10.2. The number of carbonyl (C=O) groups excluding carboxylic acids is 1. The van der Waals surface area contributed by atoms with Crippen LogP contribution in [0.5, 0.6) is 0 Å². The van der Waals surface area contributed by atoms with Crippen molar-refractivity contribution in [2.24, 2.45) is 0 Å². The summed E-state index contributed by atoms with van der Waals surface area (Å²) in [4.78, 5) is 24.5. The fourth-order valence-corrected chi connectivity index (χ4v) is 2.34. The van der Waals surface area contributed by atoms with E-state index in [0.29, 0.717) is 6.42 Å². The molecule has 2 amide bonds. The first-order valence-corrected chi connectivity index (χ1v) is 6.51. The van der Waals surface area contributed by atoms with Gasteiger partial charge in [-0.1, -0.05) is 19.8 Å². The molecule has 1 rings (SSSR count). The second kappa shape index (κ2) is 7.20. The van der Waals surface area contributed by atoms with Gasteiger partial charge >= 0.3 is 12.0 Å². The van der Waals surface area contributed by atoms with Gasteiger partial charge in [0.15, 0.2) is 0 Å². The highest BCUT2D eigenvalue weighted by Crippen LogP contribution is 2.23. The lowest BCUT2D eigenvalue weighted by Crippen LogP contribution is -2.51. The van der Waals surface area contributed by atoms with Crippen LogP contribution in [-0.4, -0.2) is 52.3 Å². The molecule has 0 aromatic carbocycles. The quantitative estimate of drug-likeness (QED) is 0.657. The molecule has 6 heteroatoms. The summed E-state index contributed by atoms with van der Waals surface area (Å²) in [7, 11) is 0. The van der Waals surface area contributed by atoms with Crippen molar-refractivity contribution in [1.29, 1.82) is 0 Å². The van der Waals surface area contributed by atoms with Crippen LogP contribution in [0.15, 0.2) is 0 Å². The van der Waals surface area contributed by atoms with Gasteiger partial charge in [0.2, 0.25) is 0 Å². The van der Waals surface area contributed by atoms with Crippen LogP contribution in [0.4, 0.5) is 4.79 Å². The summed E-state index contributed by atoms with van der Waals surface area (Å²) in [6.45, 7) is 1.87. The number of amides is 2. The maximum atomic E-state index is 12.0. The maximum absolute atomic E-state index is 12.0. The first-order chi connectivity index (χ1) is 8.60. The molecule has 0 radical (unpaired) electrons. The number of aliphatic carboxylic acids is 1. The zero-order chi connectivity index (χ0) is 13.5. The van der Waals surface area contributed by atoms with E-state index in [1.807, 2.05) is 0 Å². The minimum atomic E-state index is -1.03. The van der Waals surface area contributed by atoms with Gasteiger partial charge in [-0.2, -0.15) is 0 Å². The van der Waals surface area contributed by atoms with Gasteiger partial charge in [0.05, 0.1) is 6.61 Å². The van der Waals surface area contributed by atoms with Crippen molar-refractivity contribution in [2.75, 3.05) is 13.2 Å². The van der Waals surface area contributed by atoms with Gasteiger partial charge in [-0.05, 0) is 19.3 Å². The van der Waals surface area contributed by atoms with Crippen molar-refractivity contribution >= 4 is 12.0 Å². The van der Waals surface area contributed by atoms with Crippen molar-refractivity contribution < 1.29 is 19.8 Å². The Morgan fingerprint density at radius 3 is 2.44 bits per heavy atom. The van der Waals surface area contributed by atoms with Gasteiger partial charge in [-0.25, -0.2) is 9.59 Å². The average molecular weight is 258 g/mol. The molecule has 0 aromatic rings. The van der Waals surface area contributed by atoms with E-state index < -0.39 is 12.0 Å². The molecule has 0 bridgehead atoms. The first kappa shape index (κ1) is 14.8. The molecule has 1 atom stereocenters. The molecule has 18 heavy (non-hydrogen) atoms. The van der Waals surface area contributed by atoms with E-state index in [9.17, 15) is 9.59 Å². The Hall–Kier alpha value is -1.30. The molecule has 0 heterocycles. The molecule has 104 valence electrons. The molecule has 0 aromatic heterocycles. The number of hydrogen-bond acceptors (Lipinski definition) is 3. The van der Waals surface area contributed by atoms with Crippen molar-refractivity contribution in [3.63, 3.8) is 0 Å². The Morgan fingerprint density at radius 1 is 1.39 bits per heavy atom. The smallest absolute Gasteiger partial charge is 0.326 e. The number of aliphatic hydroxyl groups excluding tert-OH is 1. The number of aliphatic hydroxyl groups is 1. The number of urea groups is 1. The molecule has 1 aliphatic carbocycles. The van der Waals surface area contributed by atoms with E-state index in [-0.39, 0.29) is 25.2 Å². The lowest BCUT2D eigenvalue weighted by molar-refractivity contribution is -0.139. The van der Waals surface area contributed by atoms with Gasteiger partial charge in [0.25, 0.3) is 0 Å². The molecular weight excluding hydrogens is 236 g/mol. The third-order valence-electron chi connectivity index (χ3n) is 3.37. The van der Waals surface area contributed by atoms with E-state index in [2.05, 4.69) is 5.32 Å². The summed E-state index contributed by atoms with van der Waals surface area (Å²) in [6.07, 6.45) is 4.36. The Kier molecular flexibility index (Phi) is 5.91. The fraction of sp³-hybridized carbons (Fsp3) is 0.833. The number of rotatable bonds is 6. The van der Waals surface area contributed by atoms with Crippen molar-refractivity contribution in [1.82, 2.24) is 10.2 Å². The normalized spacial score (nSPS) is 17.4. The number of carbonyl (C=O) groups is 2. The highest BCUT2D eigenvalue weighted by atomic mass is 16.4. The number of hydrogen-bond donors (Lipinski definition) is 3. The molecule has 6 nitrogen and oxygen atoms in total. The number of nitrogens with one attached hydrogen (secondary N) is 1. The van der Waals surface area contributed by atoms with Crippen LogP contribution in [0.25, 0.3) is 0 Å². The van der Waals surface area contributed by atoms with Crippen molar-refractivity contribution in [3.8, 4) is 0 Å². The van der Waals surface area contributed by atoms with Crippen LogP contribution in [0, 0.1) is 0 Å². The summed E-state index contributed by atoms with van der Waals surface area (Å²) in [5.74, 6) is -1.03. The molecular formula is C12H22N2O4. The minimum Gasteiger partial charge on any atom is -0.480 e. The van der Waals surface area contributed by atoms with Gasteiger partial charge in [-0.3, -0.25) is 0 Å². The largest absolute Gasteiger partial charge is 0.480 e. The zero-order valence-corrected chi connectivity index (χ0v) is 10.8. The summed E-state index contributed by atoms with van der Waals surface area (Å²) >= 11 is 0. The molecule has 0 saturated heterocycles. The summed E-state index contributed by atoms with van der Waals surface area (Å²) in [5, 5.41) is 20.4. The van der Waals surface area contributed by atoms with Gasteiger partial charge in [0.1, 0.15) is 6.04 Å². The van der Waals surface area contributed by atoms with Gasteiger partial charge in [0, 0.05) is 12.6 Å². The zero-order valence-electron chi connectivity index (χ0n) is 10.8. The predicted octanol–water partition coefficient (Wildman–Crippen LogP) is 0.796. The average Bonchev–Trinajstić information content (AvgIpc) is 2.85. The van der Waals surface area contributed by atoms with E-state index in [0.717, 1.165) is 25.7 Å². The molecule has 0 spiro atoms. The van der Waals surface area contributed by atoms with E-state index in [1.165, 1.54) is 0 Å². The van der Waals surface area contributed by atoms with E-state index in [4.69, 9.17) is 10.2 Å². The van der Waals surface area contributed by atoms with E-state index >= 15 is 0 Å². The second-order valence-electron chi connectivity index (χ2n) is 4.60. The maximum Gasteiger partial charge on any atom is 0.326 e. The SMILES string of the molecule is CC[C@@H](NC(=O)N(CCO)C1CCCC1)C(=O)O. The Balaban J connectivity index is 2.60. The fourth-order valence-electron chi connectivity index (χ4n) is 2.34. The third kappa shape index (κ3) is 3.87. The number of nitrogens with zero attached hydrogens (tertiary/aromatic N) is 1. The molecule has 1 saturated carbocycles.